The van der Waals surface area contributed by atoms with Crippen LogP contribution in [-0.2, 0) is 13.1 Å². The fraction of sp³-hybridized carbons (Fsp3) is 0.150. The lowest BCUT2D eigenvalue weighted by Crippen LogP contribution is -2.22. The van der Waals surface area contributed by atoms with Gasteiger partial charge >= 0.3 is 0 Å². The van der Waals surface area contributed by atoms with Crippen LogP contribution in [0.5, 0.6) is 0 Å². The van der Waals surface area contributed by atoms with Crippen LogP contribution in [0, 0.1) is 0 Å². The molecule has 0 spiro atoms. The van der Waals surface area contributed by atoms with E-state index in [-0.39, 0.29) is 5.91 Å². The summed E-state index contributed by atoms with van der Waals surface area (Å²) in [6, 6.07) is 15.4. The Hall–Kier alpha value is -2.99. The Bertz CT molecular complexity index is 1050. The maximum atomic E-state index is 12.5. The number of hydrogen-bond acceptors (Lipinski definition) is 4. The summed E-state index contributed by atoms with van der Waals surface area (Å²) in [5.74, 6) is 0.742. The van der Waals surface area contributed by atoms with E-state index < -0.39 is 0 Å². The summed E-state index contributed by atoms with van der Waals surface area (Å²) in [7, 11) is 0. The van der Waals surface area contributed by atoms with Crippen molar-refractivity contribution in [2.24, 2.45) is 0 Å². The number of aromatic nitrogens is 3. The van der Waals surface area contributed by atoms with Crippen molar-refractivity contribution in [1.82, 2.24) is 19.9 Å². The second-order valence-electron chi connectivity index (χ2n) is 5.87. The summed E-state index contributed by atoms with van der Waals surface area (Å²) in [6.07, 6.45) is 1.77. The lowest BCUT2D eigenvalue weighted by Gasteiger charge is -2.08. The molecular formula is C20H18N4OS. The SMILES string of the molecule is CCn1c(-c2cccc(C(=O)NCc3cccs3)c2)nc2cccnc21. The number of benzene rings is 1. The summed E-state index contributed by atoms with van der Waals surface area (Å²) in [6.45, 7) is 3.37. The van der Waals surface area contributed by atoms with Crippen molar-refractivity contribution >= 4 is 28.4 Å². The fourth-order valence-electron chi connectivity index (χ4n) is 2.96. The third-order valence-electron chi connectivity index (χ3n) is 4.21. The van der Waals surface area contributed by atoms with Crippen molar-refractivity contribution in [3.8, 4) is 11.4 Å². The number of carbonyl (C=O) groups excluding carboxylic acids is 1. The lowest BCUT2D eigenvalue weighted by molar-refractivity contribution is 0.0951. The fourth-order valence-corrected chi connectivity index (χ4v) is 3.61. The highest BCUT2D eigenvalue weighted by Crippen LogP contribution is 2.24. The molecule has 0 bridgehead atoms. The Labute approximate surface area is 155 Å². The molecule has 0 atom stereocenters. The zero-order valence-corrected chi connectivity index (χ0v) is 15.2. The first-order valence-electron chi connectivity index (χ1n) is 8.48. The number of nitrogens with one attached hydrogen (secondary N) is 1. The monoisotopic (exact) mass is 362 g/mol. The summed E-state index contributed by atoms with van der Waals surface area (Å²) in [5.41, 5.74) is 3.25. The highest BCUT2D eigenvalue weighted by Gasteiger charge is 2.14. The minimum atomic E-state index is -0.0856. The molecule has 4 rings (SSSR count). The van der Waals surface area contributed by atoms with E-state index in [0.29, 0.717) is 12.1 Å². The van der Waals surface area contributed by atoms with Crippen LogP contribution in [0.2, 0.25) is 0 Å². The van der Waals surface area contributed by atoms with E-state index in [4.69, 9.17) is 4.98 Å². The molecule has 3 heterocycles. The highest BCUT2D eigenvalue weighted by molar-refractivity contribution is 7.09. The summed E-state index contributed by atoms with van der Waals surface area (Å²) < 4.78 is 2.07. The second kappa shape index (κ2) is 7.09. The molecule has 1 N–H and O–H groups in total. The normalized spacial score (nSPS) is 11.0. The maximum Gasteiger partial charge on any atom is 0.251 e. The Kier molecular flexibility index (Phi) is 4.50. The topological polar surface area (TPSA) is 59.8 Å². The van der Waals surface area contributed by atoms with Gasteiger partial charge in [0.05, 0.1) is 6.54 Å². The van der Waals surface area contributed by atoms with Crippen LogP contribution in [0.15, 0.2) is 60.1 Å². The van der Waals surface area contributed by atoms with E-state index in [1.54, 1.807) is 17.5 Å². The number of carbonyl (C=O) groups is 1. The first kappa shape index (κ1) is 16.5. The largest absolute Gasteiger partial charge is 0.347 e. The van der Waals surface area contributed by atoms with Gasteiger partial charge in [0.15, 0.2) is 5.65 Å². The first-order valence-corrected chi connectivity index (χ1v) is 9.36. The van der Waals surface area contributed by atoms with Gasteiger partial charge in [-0.3, -0.25) is 4.79 Å². The van der Waals surface area contributed by atoms with Crippen LogP contribution in [0.4, 0.5) is 0 Å². The molecule has 0 aliphatic heterocycles. The van der Waals surface area contributed by atoms with Gasteiger partial charge in [0.1, 0.15) is 11.3 Å². The van der Waals surface area contributed by atoms with E-state index in [2.05, 4.69) is 21.8 Å². The molecule has 0 fully saturated rings. The van der Waals surface area contributed by atoms with E-state index in [0.717, 1.165) is 34.0 Å². The van der Waals surface area contributed by atoms with Gasteiger partial charge in [0.2, 0.25) is 0 Å². The molecule has 1 amide bonds. The Morgan fingerprint density at radius 2 is 2.12 bits per heavy atom. The minimum Gasteiger partial charge on any atom is -0.347 e. The molecule has 6 heteroatoms. The van der Waals surface area contributed by atoms with Crippen molar-refractivity contribution in [1.29, 1.82) is 0 Å². The number of rotatable bonds is 5. The quantitative estimate of drug-likeness (QED) is 0.581. The summed E-state index contributed by atoms with van der Waals surface area (Å²) in [4.78, 5) is 22.8. The van der Waals surface area contributed by atoms with Gasteiger partial charge in [-0.15, -0.1) is 11.3 Å². The average Bonchev–Trinajstić information content (AvgIpc) is 3.33. The van der Waals surface area contributed by atoms with Gasteiger partial charge < -0.3 is 9.88 Å². The molecule has 0 saturated heterocycles. The standard InChI is InChI=1S/C20H18N4OS/c1-2-24-18(23-17-9-4-10-21-19(17)24)14-6-3-7-15(12-14)20(25)22-13-16-8-5-11-26-16/h3-12H,2,13H2,1H3,(H,22,25). The number of pyridine rings is 1. The van der Waals surface area contributed by atoms with Crippen LogP contribution in [-0.4, -0.2) is 20.4 Å². The van der Waals surface area contributed by atoms with E-state index >= 15 is 0 Å². The lowest BCUT2D eigenvalue weighted by atomic mass is 10.1. The molecule has 130 valence electrons. The molecule has 4 aromatic rings. The van der Waals surface area contributed by atoms with Gasteiger partial charge in [-0.1, -0.05) is 18.2 Å². The van der Waals surface area contributed by atoms with Crippen molar-refractivity contribution in [3.05, 3.63) is 70.5 Å². The predicted octanol–water partition coefficient (Wildman–Crippen LogP) is 4.11. The van der Waals surface area contributed by atoms with E-state index in [1.165, 1.54) is 0 Å². The molecule has 0 aliphatic carbocycles. The van der Waals surface area contributed by atoms with Gasteiger partial charge in [-0.05, 0) is 42.6 Å². The van der Waals surface area contributed by atoms with Crippen molar-refractivity contribution in [2.45, 2.75) is 20.0 Å². The van der Waals surface area contributed by atoms with Crippen molar-refractivity contribution in [2.75, 3.05) is 0 Å². The number of fused-ring (bicyclic) bond motifs is 1. The van der Waals surface area contributed by atoms with Crippen molar-refractivity contribution < 1.29 is 4.79 Å². The van der Waals surface area contributed by atoms with Crippen LogP contribution in [0.3, 0.4) is 0 Å². The Balaban J connectivity index is 1.64. The molecule has 0 unspecified atom stereocenters. The Morgan fingerprint density at radius 3 is 2.92 bits per heavy atom. The summed E-state index contributed by atoms with van der Waals surface area (Å²) in [5, 5.41) is 4.97. The average molecular weight is 362 g/mol. The van der Waals surface area contributed by atoms with Crippen LogP contribution >= 0.6 is 11.3 Å². The number of thiophene rings is 1. The molecule has 0 radical (unpaired) electrons. The number of aryl methyl sites for hydroxylation is 1. The first-order chi connectivity index (χ1) is 12.8. The smallest absolute Gasteiger partial charge is 0.251 e. The molecule has 3 aromatic heterocycles. The van der Waals surface area contributed by atoms with Gasteiger partial charge in [0.25, 0.3) is 5.91 Å². The third kappa shape index (κ3) is 3.11. The molecule has 1 aromatic carbocycles. The molecular weight excluding hydrogens is 344 g/mol. The number of nitrogens with zero attached hydrogens (tertiary/aromatic N) is 3. The minimum absolute atomic E-state index is 0.0856. The van der Waals surface area contributed by atoms with Crippen LogP contribution < -0.4 is 5.32 Å². The predicted molar refractivity (Wildman–Crippen MR) is 104 cm³/mol. The zero-order valence-electron chi connectivity index (χ0n) is 14.3. The van der Waals surface area contributed by atoms with E-state index in [1.807, 2.05) is 53.9 Å². The molecule has 26 heavy (non-hydrogen) atoms. The number of imidazole rings is 1. The molecule has 0 aliphatic rings. The molecule has 5 nitrogen and oxygen atoms in total. The Morgan fingerprint density at radius 1 is 1.19 bits per heavy atom. The zero-order chi connectivity index (χ0) is 17.9. The number of hydrogen-bond donors (Lipinski definition) is 1. The van der Waals surface area contributed by atoms with E-state index in [9.17, 15) is 4.79 Å². The second-order valence-corrected chi connectivity index (χ2v) is 6.90. The van der Waals surface area contributed by atoms with Crippen LogP contribution in [0.25, 0.3) is 22.6 Å². The maximum absolute atomic E-state index is 12.5. The highest BCUT2D eigenvalue weighted by atomic mass is 32.1. The van der Waals surface area contributed by atoms with Crippen molar-refractivity contribution in [3.63, 3.8) is 0 Å². The summed E-state index contributed by atoms with van der Waals surface area (Å²) >= 11 is 1.63. The number of amides is 1. The van der Waals surface area contributed by atoms with Gasteiger partial charge in [0, 0.05) is 28.7 Å². The van der Waals surface area contributed by atoms with Crippen LogP contribution in [0.1, 0.15) is 22.2 Å². The van der Waals surface area contributed by atoms with Gasteiger partial charge in [-0.25, -0.2) is 9.97 Å². The molecule has 0 saturated carbocycles. The third-order valence-corrected chi connectivity index (χ3v) is 5.08. The van der Waals surface area contributed by atoms with Gasteiger partial charge in [-0.2, -0.15) is 0 Å².